The van der Waals surface area contributed by atoms with Crippen molar-refractivity contribution >= 4 is 5.82 Å². The Bertz CT molecular complexity index is 619. The summed E-state index contributed by atoms with van der Waals surface area (Å²) in [4.78, 5) is 9.00. The number of ether oxygens (including phenoxy) is 2. The number of hydrogen-bond donors (Lipinski definition) is 1. The van der Waals surface area contributed by atoms with Crippen LogP contribution >= 0.6 is 0 Å². The van der Waals surface area contributed by atoms with E-state index in [0.717, 1.165) is 35.5 Å². The number of nitrogens with two attached hydrogens (primary N) is 1. The van der Waals surface area contributed by atoms with Gasteiger partial charge >= 0.3 is 0 Å². The third-order valence-corrected chi connectivity index (χ3v) is 3.37. The minimum absolute atomic E-state index is 0.497. The summed E-state index contributed by atoms with van der Waals surface area (Å²) in [5.41, 5.74) is 8.45. The van der Waals surface area contributed by atoms with Gasteiger partial charge in [0, 0.05) is 12.0 Å². The molecule has 1 heterocycles. The van der Waals surface area contributed by atoms with Gasteiger partial charge in [-0.3, -0.25) is 0 Å². The number of aryl methyl sites for hydroxylation is 1. The van der Waals surface area contributed by atoms with Crippen molar-refractivity contribution < 1.29 is 9.47 Å². The van der Waals surface area contributed by atoms with Gasteiger partial charge in [0.25, 0.3) is 0 Å². The van der Waals surface area contributed by atoms with Gasteiger partial charge < -0.3 is 15.2 Å². The van der Waals surface area contributed by atoms with E-state index in [1.807, 2.05) is 25.1 Å². The highest BCUT2D eigenvalue weighted by atomic mass is 16.5. The second kappa shape index (κ2) is 6.43. The van der Waals surface area contributed by atoms with Crippen molar-refractivity contribution in [1.29, 1.82) is 0 Å². The zero-order chi connectivity index (χ0) is 15.4. The van der Waals surface area contributed by atoms with Crippen LogP contribution in [0.25, 0.3) is 11.3 Å². The number of aromatic nitrogens is 2. The highest BCUT2D eigenvalue weighted by Gasteiger charge is 2.18. The molecule has 0 saturated heterocycles. The lowest BCUT2D eigenvalue weighted by Crippen LogP contribution is -2.06. The van der Waals surface area contributed by atoms with Crippen molar-refractivity contribution in [2.24, 2.45) is 0 Å². The summed E-state index contributed by atoms with van der Waals surface area (Å²) in [6.45, 7) is 4.00. The number of nitrogen functional groups attached to an aromatic ring is 1. The first-order chi connectivity index (χ1) is 10.1. The molecular weight excluding hydrogens is 266 g/mol. The van der Waals surface area contributed by atoms with Gasteiger partial charge in [-0.1, -0.05) is 13.0 Å². The van der Waals surface area contributed by atoms with E-state index in [0.29, 0.717) is 17.3 Å². The Hall–Kier alpha value is -2.30. The summed E-state index contributed by atoms with van der Waals surface area (Å²) in [6, 6.07) is 5.65. The van der Waals surface area contributed by atoms with E-state index in [1.54, 1.807) is 14.2 Å². The maximum atomic E-state index is 6.04. The van der Waals surface area contributed by atoms with Gasteiger partial charge in [-0.15, -0.1) is 0 Å². The van der Waals surface area contributed by atoms with E-state index in [2.05, 4.69) is 16.9 Å². The van der Waals surface area contributed by atoms with E-state index in [4.69, 9.17) is 15.2 Å². The molecule has 0 aliphatic rings. The summed E-state index contributed by atoms with van der Waals surface area (Å²) < 4.78 is 10.9. The number of rotatable bonds is 5. The number of anilines is 1. The molecular formula is C16H21N3O2. The molecule has 0 radical (unpaired) electrons. The van der Waals surface area contributed by atoms with Crippen LogP contribution in [-0.2, 0) is 6.42 Å². The Morgan fingerprint density at radius 2 is 1.71 bits per heavy atom. The summed E-state index contributed by atoms with van der Waals surface area (Å²) in [5.74, 6) is 2.65. The van der Waals surface area contributed by atoms with Gasteiger partial charge in [0.1, 0.15) is 23.1 Å². The maximum absolute atomic E-state index is 6.04. The molecule has 0 spiro atoms. The molecule has 2 N–H and O–H groups in total. The quantitative estimate of drug-likeness (QED) is 0.915. The molecule has 2 rings (SSSR count). The topological polar surface area (TPSA) is 70.3 Å². The molecule has 1 aromatic carbocycles. The zero-order valence-corrected chi connectivity index (χ0v) is 12.9. The van der Waals surface area contributed by atoms with Crippen LogP contribution in [-0.4, -0.2) is 24.2 Å². The molecule has 5 nitrogen and oxygen atoms in total. The summed E-state index contributed by atoms with van der Waals surface area (Å²) >= 11 is 0. The Morgan fingerprint density at radius 3 is 2.24 bits per heavy atom. The molecule has 21 heavy (non-hydrogen) atoms. The zero-order valence-electron chi connectivity index (χ0n) is 12.9. The van der Waals surface area contributed by atoms with Crippen LogP contribution in [0.5, 0.6) is 11.5 Å². The largest absolute Gasteiger partial charge is 0.496 e. The Balaban J connectivity index is 2.71. The fourth-order valence-corrected chi connectivity index (χ4v) is 2.25. The van der Waals surface area contributed by atoms with Crippen LogP contribution in [0.4, 0.5) is 5.82 Å². The summed E-state index contributed by atoms with van der Waals surface area (Å²) in [5, 5.41) is 0. The van der Waals surface area contributed by atoms with Gasteiger partial charge in [0.15, 0.2) is 0 Å². The van der Waals surface area contributed by atoms with Crippen LogP contribution in [0.1, 0.15) is 24.7 Å². The second-order valence-electron chi connectivity index (χ2n) is 4.79. The predicted molar refractivity (Wildman–Crippen MR) is 83.7 cm³/mol. The molecule has 0 aliphatic carbocycles. The SMILES string of the molecule is CCCc1nc(N)c(C)c(-c2c(OC)cccc2OC)n1. The Kier molecular flexibility index (Phi) is 4.62. The van der Waals surface area contributed by atoms with Gasteiger partial charge in [-0.25, -0.2) is 9.97 Å². The van der Waals surface area contributed by atoms with E-state index in [9.17, 15) is 0 Å². The standard InChI is InChI=1S/C16H21N3O2/c1-5-7-13-18-15(10(2)16(17)19-13)14-11(20-3)8-6-9-12(14)21-4/h6,8-9H,5,7H2,1-4H3,(H2,17,18,19). The molecule has 0 amide bonds. The van der Waals surface area contributed by atoms with Crippen molar-refractivity contribution in [3.8, 4) is 22.8 Å². The van der Waals surface area contributed by atoms with E-state index in [1.165, 1.54) is 0 Å². The van der Waals surface area contributed by atoms with Crippen LogP contribution in [0.3, 0.4) is 0 Å². The second-order valence-corrected chi connectivity index (χ2v) is 4.79. The molecule has 0 aliphatic heterocycles. The first-order valence-corrected chi connectivity index (χ1v) is 6.96. The Labute approximate surface area is 125 Å². The van der Waals surface area contributed by atoms with Crippen molar-refractivity contribution in [2.75, 3.05) is 20.0 Å². The average Bonchev–Trinajstić information content (AvgIpc) is 2.50. The first-order valence-electron chi connectivity index (χ1n) is 6.96. The number of methoxy groups -OCH3 is 2. The first kappa shape index (κ1) is 15.1. The van der Waals surface area contributed by atoms with Crippen LogP contribution in [0, 0.1) is 6.92 Å². The molecule has 1 aromatic heterocycles. The van der Waals surface area contributed by atoms with Crippen molar-refractivity contribution in [1.82, 2.24) is 9.97 Å². The number of nitrogens with zero attached hydrogens (tertiary/aromatic N) is 2. The van der Waals surface area contributed by atoms with Crippen LogP contribution in [0.15, 0.2) is 18.2 Å². The van der Waals surface area contributed by atoms with Gasteiger partial charge in [-0.2, -0.15) is 0 Å². The molecule has 2 aromatic rings. The molecule has 0 bridgehead atoms. The van der Waals surface area contributed by atoms with Crippen molar-refractivity contribution in [3.63, 3.8) is 0 Å². The fourth-order valence-electron chi connectivity index (χ4n) is 2.25. The van der Waals surface area contributed by atoms with E-state index >= 15 is 0 Å². The fraction of sp³-hybridized carbons (Fsp3) is 0.375. The summed E-state index contributed by atoms with van der Waals surface area (Å²) in [6.07, 6.45) is 1.75. The van der Waals surface area contributed by atoms with E-state index < -0.39 is 0 Å². The smallest absolute Gasteiger partial charge is 0.132 e. The number of hydrogen-bond acceptors (Lipinski definition) is 5. The highest BCUT2D eigenvalue weighted by molar-refractivity contribution is 5.78. The lowest BCUT2D eigenvalue weighted by Gasteiger charge is -2.16. The lowest BCUT2D eigenvalue weighted by molar-refractivity contribution is 0.397. The normalized spacial score (nSPS) is 10.5. The van der Waals surface area contributed by atoms with Crippen LogP contribution < -0.4 is 15.2 Å². The van der Waals surface area contributed by atoms with Crippen molar-refractivity contribution in [2.45, 2.75) is 26.7 Å². The minimum atomic E-state index is 0.497. The third kappa shape index (κ3) is 2.91. The predicted octanol–water partition coefficient (Wildman–Crippen LogP) is 3.00. The lowest BCUT2D eigenvalue weighted by atomic mass is 10.0. The van der Waals surface area contributed by atoms with Crippen LogP contribution in [0.2, 0.25) is 0 Å². The molecule has 0 fully saturated rings. The van der Waals surface area contributed by atoms with E-state index in [-0.39, 0.29) is 0 Å². The maximum Gasteiger partial charge on any atom is 0.132 e. The third-order valence-electron chi connectivity index (χ3n) is 3.37. The minimum Gasteiger partial charge on any atom is -0.496 e. The highest BCUT2D eigenvalue weighted by Crippen LogP contribution is 2.39. The van der Waals surface area contributed by atoms with Gasteiger partial charge in [-0.05, 0) is 25.5 Å². The number of benzene rings is 1. The average molecular weight is 287 g/mol. The molecule has 112 valence electrons. The Morgan fingerprint density at radius 1 is 1.10 bits per heavy atom. The summed E-state index contributed by atoms with van der Waals surface area (Å²) in [7, 11) is 3.26. The molecule has 5 heteroatoms. The monoisotopic (exact) mass is 287 g/mol. The van der Waals surface area contributed by atoms with Gasteiger partial charge in [0.2, 0.25) is 0 Å². The molecule has 0 unspecified atom stereocenters. The molecule has 0 atom stereocenters. The van der Waals surface area contributed by atoms with Crippen molar-refractivity contribution in [3.05, 3.63) is 29.6 Å². The van der Waals surface area contributed by atoms with Gasteiger partial charge in [0.05, 0.1) is 25.5 Å². The molecule has 0 saturated carbocycles.